The van der Waals surface area contributed by atoms with E-state index in [4.69, 9.17) is 4.74 Å². The SMILES string of the molecule is Cc1cccc(C)c1NC(=O)C(c1ccccc1O)N(C(=O)C(NC(=O)OC(C)(C)C)C(C)C)C1CCC1. The lowest BCUT2D eigenvalue weighted by atomic mass is 9.87. The summed E-state index contributed by atoms with van der Waals surface area (Å²) in [6, 6.07) is 10.1. The first kappa shape index (κ1) is 29.0. The van der Waals surface area contributed by atoms with Crippen molar-refractivity contribution >= 4 is 23.6 Å². The zero-order valence-corrected chi connectivity index (χ0v) is 23.5. The second-order valence-electron chi connectivity index (χ2n) is 11.4. The summed E-state index contributed by atoms with van der Waals surface area (Å²) in [7, 11) is 0. The van der Waals surface area contributed by atoms with Gasteiger partial charge in [0.15, 0.2) is 0 Å². The van der Waals surface area contributed by atoms with E-state index < -0.39 is 29.7 Å². The Labute approximate surface area is 225 Å². The number of benzene rings is 2. The van der Waals surface area contributed by atoms with E-state index in [1.807, 2.05) is 45.9 Å². The molecule has 2 aromatic carbocycles. The van der Waals surface area contributed by atoms with Gasteiger partial charge < -0.3 is 25.4 Å². The van der Waals surface area contributed by atoms with Gasteiger partial charge in [-0.25, -0.2) is 4.79 Å². The second-order valence-corrected chi connectivity index (χ2v) is 11.4. The zero-order valence-electron chi connectivity index (χ0n) is 23.5. The molecule has 2 atom stereocenters. The average Bonchev–Trinajstić information content (AvgIpc) is 2.77. The number of para-hydroxylation sites is 2. The lowest BCUT2D eigenvalue weighted by Gasteiger charge is -2.44. The van der Waals surface area contributed by atoms with Crippen LogP contribution < -0.4 is 10.6 Å². The molecule has 206 valence electrons. The number of carbonyl (C=O) groups is 3. The molecule has 3 amide bonds. The van der Waals surface area contributed by atoms with Crippen LogP contribution in [0, 0.1) is 19.8 Å². The first-order valence-electron chi connectivity index (χ1n) is 13.3. The molecule has 1 aliphatic rings. The smallest absolute Gasteiger partial charge is 0.408 e. The molecule has 1 fully saturated rings. The number of anilines is 1. The Hall–Kier alpha value is -3.55. The van der Waals surface area contributed by atoms with Crippen molar-refractivity contribution in [2.45, 2.75) is 91.5 Å². The van der Waals surface area contributed by atoms with Crippen molar-refractivity contribution in [3.8, 4) is 5.75 Å². The number of ether oxygens (including phenoxy) is 1. The van der Waals surface area contributed by atoms with Gasteiger partial charge in [-0.1, -0.05) is 50.2 Å². The van der Waals surface area contributed by atoms with Crippen LogP contribution >= 0.6 is 0 Å². The Morgan fingerprint density at radius 1 is 1.00 bits per heavy atom. The molecular weight excluding hydrogens is 482 g/mol. The summed E-state index contributed by atoms with van der Waals surface area (Å²) in [5, 5.41) is 16.6. The molecule has 38 heavy (non-hydrogen) atoms. The molecule has 0 radical (unpaired) electrons. The molecule has 8 nitrogen and oxygen atoms in total. The van der Waals surface area contributed by atoms with Crippen LogP contribution in [0.1, 0.15) is 76.6 Å². The molecule has 1 aliphatic carbocycles. The molecule has 0 saturated heterocycles. The molecule has 0 aromatic heterocycles. The summed E-state index contributed by atoms with van der Waals surface area (Å²) in [6.07, 6.45) is 1.68. The average molecular weight is 524 g/mol. The van der Waals surface area contributed by atoms with E-state index in [1.165, 1.54) is 6.07 Å². The molecule has 3 rings (SSSR count). The standard InChI is InChI=1S/C30H41N3O5/c1-18(2)24(32-29(37)38-30(5,6)7)28(36)33(21-14-11-15-21)26(22-16-8-9-17-23(22)34)27(35)31-25-19(3)12-10-13-20(25)4/h8-10,12-13,16-18,21,24,26,34H,11,14-15H2,1-7H3,(H,31,35)(H,32,37). The molecule has 0 bridgehead atoms. The largest absolute Gasteiger partial charge is 0.508 e. The number of hydrogen-bond acceptors (Lipinski definition) is 5. The van der Waals surface area contributed by atoms with Crippen molar-refractivity contribution in [1.29, 1.82) is 0 Å². The second kappa shape index (κ2) is 11.9. The third-order valence-electron chi connectivity index (χ3n) is 6.81. The van der Waals surface area contributed by atoms with Crippen LogP contribution in [0.5, 0.6) is 5.75 Å². The highest BCUT2D eigenvalue weighted by atomic mass is 16.6. The van der Waals surface area contributed by atoms with Gasteiger partial charge in [-0.3, -0.25) is 9.59 Å². The van der Waals surface area contributed by atoms with Gasteiger partial charge in [-0.15, -0.1) is 0 Å². The molecule has 3 N–H and O–H groups in total. The lowest BCUT2D eigenvalue weighted by molar-refractivity contribution is -0.146. The number of carbonyl (C=O) groups excluding carboxylic acids is 3. The van der Waals surface area contributed by atoms with Crippen LogP contribution in [0.25, 0.3) is 0 Å². The van der Waals surface area contributed by atoms with Gasteiger partial charge in [0.25, 0.3) is 5.91 Å². The van der Waals surface area contributed by atoms with Crippen molar-refractivity contribution in [3.05, 3.63) is 59.2 Å². The minimum atomic E-state index is -1.10. The van der Waals surface area contributed by atoms with E-state index in [9.17, 15) is 19.5 Å². The van der Waals surface area contributed by atoms with Crippen LogP contribution in [-0.2, 0) is 14.3 Å². The monoisotopic (exact) mass is 523 g/mol. The van der Waals surface area contributed by atoms with Gasteiger partial charge in [0, 0.05) is 17.3 Å². The fraction of sp³-hybridized carbons (Fsp3) is 0.500. The molecule has 0 aliphatic heterocycles. The maximum Gasteiger partial charge on any atom is 0.408 e. The van der Waals surface area contributed by atoms with Crippen LogP contribution in [-0.4, -0.2) is 45.6 Å². The summed E-state index contributed by atoms with van der Waals surface area (Å²) in [6.45, 7) is 12.8. The van der Waals surface area contributed by atoms with E-state index >= 15 is 0 Å². The molecule has 0 spiro atoms. The number of rotatable bonds is 8. The normalized spacial score (nSPS) is 15.3. The number of phenolic OH excluding ortho intramolecular Hbond substituents is 1. The predicted octanol–water partition coefficient (Wildman–Crippen LogP) is 5.62. The van der Waals surface area contributed by atoms with E-state index in [-0.39, 0.29) is 23.6 Å². The van der Waals surface area contributed by atoms with E-state index in [1.54, 1.807) is 43.9 Å². The molecule has 1 saturated carbocycles. The Bertz CT molecular complexity index is 1150. The minimum absolute atomic E-state index is 0.0764. The number of hydrogen-bond donors (Lipinski definition) is 3. The number of amides is 3. The Morgan fingerprint density at radius 3 is 2.11 bits per heavy atom. The van der Waals surface area contributed by atoms with Crippen LogP contribution in [0.4, 0.5) is 10.5 Å². The first-order valence-corrected chi connectivity index (χ1v) is 13.3. The van der Waals surface area contributed by atoms with Crippen molar-refractivity contribution in [3.63, 3.8) is 0 Å². The summed E-state index contributed by atoms with van der Waals surface area (Å²) in [5.41, 5.74) is 2.05. The van der Waals surface area contributed by atoms with Crippen LogP contribution in [0.3, 0.4) is 0 Å². The number of nitrogens with zero attached hydrogens (tertiary/aromatic N) is 1. The van der Waals surface area contributed by atoms with Crippen LogP contribution in [0.2, 0.25) is 0 Å². The Kier molecular flexibility index (Phi) is 9.07. The summed E-state index contributed by atoms with van der Waals surface area (Å²) < 4.78 is 5.43. The summed E-state index contributed by atoms with van der Waals surface area (Å²) in [4.78, 5) is 42.5. The van der Waals surface area contributed by atoms with Gasteiger partial charge in [-0.2, -0.15) is 0 Å². The molecule has 0 heterocycles. The van der Waals surface area contributed by atoms with Gasteiger partial charge in [-0.05, 0) is 77.0 Å². The quantitative estimate of drug-likeness (QED) is 0.416. The number of aromatic hydroxyl groups is 1. The highest BCUT2D eigenvalue weighted by molar-refractivity contribution is 6.00. The van der Waals surface area contributed by atoms with Crippen molar-refractivity contribution in [2.75, 3.05) is 5.32 Å². The van der Waals surface area contributed by atoms with Crippen LogP contribution in [0.15, 0.2) is 42.5 Å². The van der Waals surface area contributed by atoms with Crippen molar-refractivity contribution < 1.29 is 24.2 Å². The fourth-order valence-electron chi connectivity index (χ4n) is 4.63. The van der Waals surface area contributed by atoms with Crippen molar-refractivity contribution in [1.82, 2.24) is 10.2 Å². The maximum atomic E-state index is 14.2. The van der Waals surface area contributed by atoms with E-state index in [2.05, 4.69) is 10.6 Å². The first-order chi connectivity index (χ1) is 17.8. The van der Waals surface area contributed by atoms with E-state index in [0.717, 1.165) is 30.4 Å². The van der Waals surface area contributed by atoms with Gasteiger partial charge >= 0.3 is 6.09 Å². The Balaban J connectivity index is 2.06. The Morgan fingerprint density at radius 2 is 1.61 bits per heavy atom. The lowest BCUT2D eigenvalue weighted by Crippen LogP contribution is -2.58. The summed E-state index contributed by atoms with van der Waals surface area (Å²) in [5.74, 6) is -1.17. The fourth-order valence-corrected chi connectivity index (χ4v) is 4.63. The highest BCUT2D eigenvalue weighted by Gasteiger charge is 2.43. The molecular formula is C30H41N3O5. The van der Waals surface area contributed by atoms with Gasteiger partial charge in [0.05, 0.1) is 0 Å². The number of phenols is 1. The predicted molar refractivity (Wildman–Crippen MR) is 148 cm³/mol. The zero-order chi connectivity index (χ0) is 28.2. The van der Waals surface area contributed by atoms with Crippen molar-refractivity contribution in [2.24, 2.45) is 5.92 Å². The third-order valence-corrected chi connectivity index (χ3v) is 6.81. The third kappa shape index (κ3) is 6.85. The van der Waals surface area contributed by atoms with E-state index in [0.29, 0.717) is 11.3 Å². The minimum Gasteiger partial charge on any atom is -0.508 e. The number of nitrogens with one attached hydrogen (secondary N) is 2. The number of alkyl carbamates (subject to hydrolysis) is 1. The van der Waals surface area contributed by atoms with Gasteiger partial charge in [0.1, 0.15) is 23.4 Å². The number of aryl methyl sites for hydroxylation is 2. The molecule has 2 aromatic rings. The highest BCUT2D eigenvalue weighted by Crippen LogP contribution is 2.38. The molecule has 2 unspecified atom stereocenters. The summed E-state index contributed by atoms with van der Waals surface area (Å²) >= 11 is 0. The topological polar surface area (TPSA) is 108 Å². The van der Waals surface area contributed by atoms with Gasteiger partial charge in [0.2, 0.25) is 5.91 Å². The maximum absolute atomic E-state index is 14.2. The molecule has 8 heteroatoms.